The van der Waals surface area contributed by atoms with Crippen LogP contribution in [-0.2, 0) is 19.5 Å². The lowest BCUT2D eigenvalue weighted by atomic mass is 10.2. The highest BCUT2D eigenvalue weighted by Crippen LogP contribution is 2.26. The highest BCUT2D eigenvalue weighted by atomic mass is 127. The van der Waals surface area contributed by atoms with Crippen LogP contribution in [0.15, 0.2) is 59.9 Å². The number of aromatic nitrogens is 3. The molecule has 0 spiro atoms. The molecule has 0 aliphatic heterocycles. The summed E-state index contributed by atoms with van der Waals surface area (Å²) in [6.07, 6.45) is 2.63. The molecule has 0 saturated carbocycles. The molecule has 0 atom stereocenters. The van der Waals surface area contributed by atoms with Gasteiger partial charge in [-0.15, -0.1) is 34.2 Å². The zero-order valence-corrected chi connectivity index (χ0v) is 20.7. The third kappa shape index (κ3) is 7.54. The summed E-state index contributed by atoms with van der Waals surface area (Å²) in [5, 5.41) is 14.8. The van der Waals surface area contributed by atoms with E-state index in [2.05, 4.69) is 46.2 Å². The average molecular weight is 534 g/mol. The van der Waals surface area contributed by atoms with Gasteiger partial charge in [-0.1, -0.05) is 42.8 Å². The Bertz CT molecular complexity index is 955. The summed E-state index contributed by atoms with van der Waals surface area (Å²) in [6.45, 7) is 9.03. The molecule has 3 aromatic rings. The Morgan fingerprint density at radius 1 is 1.06 bits per heavy atom. The van der Waals surface area contributed by atoms with Crippen molar-refractivity contribution in [2.45, 2.75) is 40.3 Å². The highest BCUT2D eigenvalue weighted by molar-refractivity contribution is 14.0. The molecule has 3 rings (SSSR count). The van der Waals surface area contributed by atoms with E-state index >= 15 is 0 Å². The van der Waals surface area contributed by atoms with Crippen molar-refractivity contribution in [3.05, 3.63) is 71.8 Å². The molecular formula is C23H31IN6O. The van der Waals surface area contributed by atoms with E-state index in [1.54, 1.807) is 6.33 Å². The molecule has 0 amide bonds. The number of hydrogen-bond acceptors (Lipinski definition) is 4. The summed E-state index contributed by atoms with van der Waals surface area (Å²) < 4.78 is 8.14. The second kappa shape index (κ2) is 12.9. The quantitative estimate of drug-likeness (QED) is 0.243. The minimum atomic E-state index is 0. The number of rotatable bonds is 9. The van der Waals surface area contributed by atoms with Crippen LogP contribution in [-0.4, -0.2) is 33.8 Å². The van der Waals surface area contributed by atoms with Crippen LogP contribution in [0.2, 0.25) is 0 Å². The van der Waals surface area contributed by atoms with E-state index in [-0.39, 0.29) is 24.0 Å². The van der Waals surface area contributed by atoms with Crippen LogP contribution in [0.5, 0.6) is 11.5 Å². The summed E-state index contributed by atoms with van der Waals surface area (Å²) in [7, 11) is 0. The number of benzene rings is 2. The summed E-state index contributed by atoms with van der Waals surface area (Å²) in [6, 6.07) is 16.1. The number of hydrogen-bond donors (Lipinski definition) is 2. The molecule has 2 aromatic carbocycles. The van der Waals surface area contributed by atoms with Gasteiger partial charge in [-0.25, -0.2) is 4.99 Å². The van der Waals surface area contributed by atoms with Gasteiger partial charge < -0.3 is 19.9 Å². The first-order valence-corrected chi connectivity index (χ1v) is 10.4. The van der Waals surface area contributed by atoms with Crippen molar-refractivity contribution in [2.75, 3.05) is 13.1 Å². The van der Waals surface area contributed by atoms with Crippen molar-refractivity contribution >= 4 is 29.9 Å². The lowest BCUT2D eigenvalue weighted by Crippen LogP contribution is -2.38. The normalized spacial score (nSPS) is 11.0. The Morgan fingerprint density at radius 2 is 1.84 bits per heavy atom. The second-order valence-electron chi connectivity index (χ2n) is 6.94. The van der Waals surface area contributed by atoms with Crippen LogP contribution in [0.25, 0.3) is 0 Å². The van der Waals surface area contributed by atoms with Crippen molar-refractivity contribution in [3.8, 4) is 11.5 Å². The van der Waals surface area contributed by atoms with Crippen molar-refractivity contribution < 1.29 is 4.74 Å². The summed E-state index contributed by atoms with van der Waals surface area (Å²) in [4.78, 5) is 4.74. The van der Waals surface area contributed by atoms with Crippen molar-refractivity contribution in [1.82, 2.24) is 25.4 Å². The molecule has 8 heteroatoms. The lowest BCUT2D eigenvalue weighted by Gasteiger charge is -2.13. The van der Waals surface area contributed by atoms with Crippen LogP contribution in [0.1, 0.15) is 30.8 Å². The Balaban J connectivity index is 0.00000341. The summed E-state index contributed by atoms with van der Waals surface area (Å²) in [5.74, 6) is 3.40. The van der Waals surface area contributed by atoms with Crippen molar-refractivity contribution in [2.24, 2.45) is 4.99 Å². The molecule has 0 saturated heterocycles. The molecule has 2 N–H and O–H groups in total. The van der Waals surface area contributed by atoms with Gasteiger partial charge >= 0.3 is 0 Å². The maximum Gasteiger partial charge on any atom is 0.191 e. The number of ether oxygens (including phenoxy) is 1. The van der Waals surface area contributed by atoms with Gasteiger partial charge in [0, 0.05) is 31.6 Å². The van der Waals surface area contributed by atoms with Crippen LogP contribution < -0.4 is 15.4 Å². The van der Waals surface area contributed by atoms with Gasteiger partial charge in [-0.2, -0.15) is 0 Å². The van der Waals surface area contributed by atoms with E-state index in [0.717, 1.165) is 54.9 Å². The molecule has 7 nitrogen and oxygen atoms in total. The third-order valence-corrected chi connectivity index (χ3v) is 4.63. The molecule has 166 valence electrons. The minimum Gasteiger partial charge on any atom is -0.457 e. The first-order chi connectivity index (χ1) is 14.7. The molecule has 0 aliphatic carbocycles. The summed E-state index contributed by atoms with van der Waals surface area (Å²) >= 11 is 0. The standard InChI is InChI=1S/C23H30N6O.HI/c1-4-22-28-27-17-29(22)15-14-25-23(24-5-2)26-16-19-8-6-7-9-21(19)30-20-12-10-18(3)11-13-20;/h6-13,17H,4-5,14-16H2,1-3H3,(H2,24,25,26);1H. The van der Waals surface area contributed by atoms with Crippen molar-refractivity contribution in [3.63, 3.8) is 0 Å². The average Bonchev–Trinajstić information content (AvgIpc) is 3.22. The number of nitrogens with zero attached hydrogens (tertiary/aromatic N) is 4. The van der Waals surface area contributed by atoms with E-state index in [4.69, 9.17) is 9.73 Å². The number of guanidine groups is 1. The number of nitrogens with one attached hydrogen (secondary N) is 2. The molecule has 31 heavy (non-hydrogen) atoms. The zero-order valence-electron chi connectivity index (χ0n) is 18.3. The molecule has 0 bridgehead atoms. The van der Waals surface area contributed by atoms with Crippen LogP contribution >= 0.6 is 24.0 Å². The van der Waals surface area contributed by atoms with Crippen LogP contribution in [0.3, 0.4) is 0 Å². The number of halogens is 1. The van der Waals surface area contributed by atoms with Gasteiger partial charge in [0.2, 0.25) is 0 Å². The van der Waals surface area contributed by atoms with Gasteiger partial charge in [0.1, 0.15) is 23.7 Å². The highest BCUT2D eigenvalue weighted by Gasteiger charge is 2.06. The Kier molecular flexibility index (Phi) is 10.3. The van der Waals surface area contributed by atoms with Crippen molar-refractivity contribution in [1.29, 1.82) is 0 Å². The van der Waals surface area contributed by atoms with E-state index in [1.165, 1.54) is 5.56 Å². The molecule has 0 radical (unpaired) electrons. The van der Waals surface area contributed by atoms with Gasteiger partial charge in [0.05, 0.1) is 6.54 Å². The SMILES string of the molecule is CCNC(=NCc1ccccc1Oc1ccc(C)cc1)NCCn1cnnc1CC.I. The van der Waals surface area contributed by atoms with Crippen LogP contribution in [0, 0.1) is 6.92 Å². The van der Waals surface area contributed by atoms with Crippen LogP contribution in [0.4, 0.5) is 0 Å². The monoisotopic (exact) mass is 534 g/mol. The Hall–Kier alpha value is -2.62. The number of para-hydroxylation sites is 1. The fraction of sp³-hybridized carbons (Fsp3) is 0.348. The topological polar surface area (TPSA) is 76.4 Å². The first-order valence-electron chi connectivity index (χ1n) is 10.4. The zero-order chi connectivity index (χ0) is 21.2. The predicted octanol–water partition coefficient (Wildman–Crippen LogP) is 4.31. The predicted molar refractivity (Wildman–Crippen MR) is 135 cm³/mol. The maximum atomic E-state index is 6.09. The molecule has 0 unspecified atom stereocenters. The third-order valence-electron chi connectivity index (χ3n) is 4.63. The second-order valence-corrected chi connectivity index (χ2v) is 6.94. The van der Waals surface area contributed by atoms with E-state index in [9.17, 15) is 0 Å². The summed E-state index contributed by atoms with van der Waals surface area (Å²) in [5.41, 5.74) is 2.24. The molecular weight excluding hydrogens is 503 g/mol. The van der Waals surface area contributed by atoms with Gasteiger partial charge in [-0.3, -0.25) is 0 Å². The fourth-order valence-electron chi connectivity index (χ4n) is 3.01. The van der Waals surface area contributed by atoms with E-state index < -0.39 is 0 Å². The first kappa shape index (κ1) is 24.6. The molecule has 1 heterocycles. The largest absolute Gasteiger partial charge is 0.457 e. The molecule has 0 fully saturated rings. The van der Waals surface area contributed by atoms with Gasteiger partial charge in [-0.05, 0) is 32.0 Å². The Morgan fingerprint density at radius 3 is 2.58 bits per heavy atom. The van der Waals surface area contributed by atoms with Gasteiger partial charge in [0.25, 0.3) is 0 Å². The minimum absolute atomic E-state index is 0. The molecule has 1 aromatic heterocycles. The number of aryl methyl sites for hydroxylation is 2. The van der Waals surface area contributed by atoms with E-state index in [0.29, 0.717) is 6.54 Å². The fourth-order valence-corrected chi connectivity index (χ4v) is 3.01. The molecule has 0 aliphatic rings. The Labute approximate surface area is 201 Å². The van der Waals surface area contributed by atoms with Gasteiger partial charge in [0.15, 0.2) is 5.96 Å². The maximum absolute atomic E-state index is 6.09. The van der Waals surface area contributed by atoms with E-state index in [1.807, 2.05) is 48.5 Å². The smallest absolute Gasteiger partial charge is 0.191 e. The lowest BCUT2D eigenvalue weighted by molar-refractivity contribution is 0.476. The number of aliphatic imine (C=N–C) groups is 1.